The molecule has 0 aromatic heterocycles. The van der Waals surface area contributed by atoms with Gasteiger partial charge in [0.05, 0.1) is 24.9 Å². The number of nitrogens with zero attached hydrogens (tertiary/aromatic N) is 2. The third-order valence-electron chi connectivity index (χ3n) is 4.16. The number of ketones is 1. The lowest BCUT2D eigenvalue weighted by molar-refractivity contribution is -0.118. The van der Waals surface area contributed by atoms with Crippen molar-refractivity contribution >= 4 is 23.3 Å². The number of carbonyl (C=O) groups is 3. The number of carbonyl (C=O) groups excluding carboxylic acids is 3. The predicted molar refractivity (Wildman–Crippen MR) is 93.1 cm³/mol. The van der Waals surface area contributed by atoms with E-state index in [1.165, 1.54) is 9.80 Å². The van der Waals surface area contributed by atoms with Gasteiger partial charge in [-0.15, -0.1) is 0 Å². The van der Waals surface area contributed by atoms with Gasteiger partial charge in [0.25, 0.3) is 5.91 Å². The highest BCUT2D eigenvalue weighted by molar-refractivity contribution is 6.12. The smallest absolute Gasteiger partial charge is 0.256 e. The van der Waals surface area contributed by atoms with Crippen LogP contribution < -0.4 is 9.64 Å². The van der Waals surface area contributed by atoms with E-state index in [4.69, 9.17) is 4.74 Å². The summed E-state index contributed by atoms with van der Waals surface area (Å²) >= 11 is 0. The van der Waals surface area contributed by atoms with Gasteiger partial charge in [0, 0.05) is 12.6 Å². The Kier molecular flexibility index (Phi) is 4.52. The van der Waals surface area contributed by atoms with Crippen molar-refractivity contribution in [3.63, 3.8) is 0 Å². The fourth-order valence-electron chi connectivity index (χ4n) is 2.78. The first-order valence-corrected chi connectivity index (χ1v) is 7.83. The van der Waals surface area contributed by atoms with Crippen molar-refractivity contribution in [3.05, 3.63) is 59.7 Å². The highest BCUT2D eigenvalue weighted by Gasteiger charge is 2.30. The lowest BCUT2D eigenvalue weighted by Crippen LogP contribution is -2.40. The molecule has 2 aromatic carbocycles. The number of Topliss-reactive ketones (excluding diaryl/α,β-unsaturated/α-hetero) is 1. The SMILES string of the molecule is COc1ccc(C(=O)CN2C(=O)CN(C)C(=O)c3ccccc32)cc1. The number of rotatable bonds is 4. The van der Waals surface area contributed by atoms with Crippen molar-refractivity contribution in [2.24, 2.45) is 0 Å². The summed E-state index contributed by atoms with van der Waals surface area (Å²) in [7, 11) is 3.13. The molecule has 25 heavy (non-hydrogen) atoms. The molecule has 0 bridgehead atoms. The molecule has 1 heterocycles. The molecule has 1 aliphatic heterocycles. The highest BCUT2D eigenvalue weighted by atomic mass is 16.5. The van der Waals surface area contributed by atoms with Gasteiger partial charge in [-0.3, -0.25) is 14.4 Å². The van der Waals surface area contributed by atoms with E-state index in [1.807, 2.05) is 0 Å². The maximum Gasteiger partial charge on any atom is 0.256 e. The normalized spacial score (nSPS) is 14.2. The molecule has 0 N–H and O–H groups in total. The second kappa shape index (κ2) is 6.76. The van der Waals surface area contributed by atoms with Crippen LogP contribution in [0.4, 0.5) is 5.69 Å². The first kappa shape index (κ1) is 16.7. The Balaban J connectivity index is 1.92. The molecule has 6 heteroatoms. The van der Waals surface area contributed by atoms with E-state index in [0.29, 0.717) is 22.6 Å². The maximum absolute atomic E-state index is 12.6. The molecule has 6 nitrogen and oxygen atoms in total. The number of hydrogen-bond donors (Lipinski definition) is 0. The molecular formula is C19H18N2O4. The van der Waals surface area contributed by atoms with Crippen LogP contribution in [0.3, 0.4) is 0 Å². The van der Waals surface area contributed by atoms with Crippen molar-refractivity contribution in [1.82, 2.24) is 4.90 Å². The molecule has 2 aromatic rings. The molecule has 0 atom stereocenters. The third-order valence-corrected chi connectivity index (χ3v) is 4.16. The second-order valence-electron chi connectivity index (χ2n) is 5.81. The number of benzene rings is 2. The van der Waals surface area contributed by atoms with Crippen LogP contribution in [0.1, 0.15) is 20.7 Å². The highest BCUT2D eigenvalue weighted by Crippen LogP contribution is 2.25. The molecule has 0 spiro atoms. The number of ether oxygens (including phenoxy) is 1. The minimum atomic E-state index is -0.289. The minimum absolute atomic E-state index is 0.0661. The average Bonchev–Trinajstić information content (AvgIpc) is 2.72. The standard InChI is InChI=1S/C19H18N2O4/c1-20-12-18(23)21(16-6-4-3-5-15(16)19(20)24)11-17(22)13-7-9-14(25-2)10-8-13/h3-10H,11-12H2,1-2H3. The largest absolute Gasteiger partial charge is 0.497 e. The number of para-hydroxylation sites is 1. The Bertz CT molecular complexity index is 830. The van der Waals surface area contributed by atoms with Crippen molar-refractivity contribution in [2.75, 3.05) is 32.1 Å². The zero-order chi connectivity index (χ0) is 18.0. The summed E-state index contributed by atoms with van der Waals surface area (Å²) in [6, 6.07) is 13.5. The van der Waals surface area contributed by atoms with Crippen LogP contribution in [-0.4, -0.2) is 49.7 Å². The quantitative estimate of drug-likeness (QED) is 0.800. The monoisotopic (exact) mass is 338 g/mol. The fraction of sp³-hybridized carbons (Fsp3) is 0.211. The van der Waals surface area contributed by atoms with Gasteiger partial charge in [-0.05, 0) is 36.4 Å². The number of hydrogen-bond acceptors (Lipinski definition) is 4. The van der Waals surface area contributed by atoms with Crippen LogP contribution >= 0.6 is 0 Å². The van der Waals surface area contributed by atoms with E-state index in [-0.39, 0.29) is 30.7 Å². The summed E-state index contributed by atoms with van der Waals surface area (Å²) in [4.78, 5) is 40.3. The molecule has 0 unspecified atom stereocenters. The molecule has 128 valence electrons. The second-order valence-corrected chi connectivity index (χ2v) is 5.81. The van der Waals surface area contributed by atoms with Crippen LogP contribution in [0.15, 0.2) is 48.5 Å². The first-order valence-electron chi connectivity index (χ1n) is 7.83. The molecule has 0 saturated heterocycles. The topological polar surface area (TPSA) is 66.9 Å². The summed E-state index contributed by atoms with van der Waals surface area (Å²) in [5.74, 6) is -0.0752. The van der Waals surface area contributed by atoms with Gasteiger partial charge in [-0.2, -0.15) is 0 Å². The summed E-state index contributed by atoms with van der Waals surface area (Å²) in [6.07, 6.45) is 0. The van der Waals surface area contributed by atoms with Gasteiger partial charge in [-0.1, -0.05) is 12.1 Å². The van der Waals surface area contributed by atoms with Gasteiger partial charge in [0.15, 0.2) is 5.78 Å². The Morgan fingerprint density at radius 1 is 1.08 bits per heavy atom. The number of anilines is 1. The van der Waals surface area contributed by atoms with Gasteiger partial charge in [0.1, 0.15) is 12.3 Å². The predicted octanol–water partition coefficient (Wildman–Crippen LogP) is 2.00. The molecule has 1 aliphatic rings. The third kappa shape index (κ3) is 3.24. The van der Waals surface area contributed by atoms with E-state index in [2.05, 4.69) is 0 Å². The summed E-state index contributed by atoms with van der Waals surface area (Å²) < 4.78 is 5.08. The van der Waals surface area contributed by atoms with E-state index in [9.17, 15) is 14.4 Å². The van der Waals surface area contributed by atoms with Gasteiger partial charge < -0.3 is 14.5 Å². The Hall–Kier alpha value is -3.15. The lowest BCUT2D eigenvalue weighted by atomic mass is 10.1. The molecule has 0 fully saturated rings. The number of amides is 2. The Labute approximate surface area is 145 Å². The Morgan fingerprint density at radius 2 is 1.76 bits per heavy atom. The number of fused-ring (bicyclic) bond motifs is 1. The zero-order valence-electron chi connectivity index (χ0n) is 14.1. The van der Waals surface area contributed by atoms with Crippen molar-refractivity contribution in [3.8, 4) is 5.75 Å². The molecule has 0 radical (unpaired) electrons. The molecule has 2 amide bonds. The van der Waals surface area contributed by atoms with Crippen LogP contribution in [0.2, 0.25) is 0 Å². The van der Waals surface area contributed by atoms with Crippen LogP contribution in [0, 0.1) is 0 Å². The fourth-order valence-corrected chi connectivity index (χ4v) is 2.78. The average molecular weight is 338 g/mol. The summed E-state index contributed by atoms with van der Waals surface area (Å²) in [5, 5.41) is 0. The lowest BCUT2D eigenvalue weighted by Gasteiger charge is -2.21. The van der Waals surface area contributed by atoms with Gasteiger partial charge in [0.2, 0.25) is 5.91 Å². The van der Waals surface area contributed by atoms with E-state index >= 15 is 0 Å². The van der Waals surface area contributed by atoms with Crippen LogP contribution in [0.5, 0.6) is 5.75 Å². The number of methoxy groups -OCH3 is 1. The van der Waals surface area contributed by atoms with Crippen LogP contribution in [0.25, 0.3) is 0 Å². The molecule has 0 aliphatic carbocycles. The van der Waals surface area contributed by atoms with Gasteiger partial charge in [-0.25, -0.2) is 0 Å². The van der Waals surface area contributed by atoms with E-state index in [0.717, 1.165) is 0 Å². The van der Waals surface area contributed by atoms with Crippen molar-refractivity contribution < 1.29 is 19.1 Å². The molecule has 3 rings (SSSR count). The van der Waals surface area contributed by atoms with Crippen LogP contribution in [-0.2, 0) is 4.79 Å². The zero-order valence-corrected chi connectivity index (χ0v) is 14.1. The van der Waals surface area contributed by atoms with E-state index in [1.54, 1.807) is 62.7 Å². The number of likely N-dealkylation sites (N-methyl/N-ethyl adjacent to an activating group) is 1. The van der Waals surface area contributed by atoms with Crippen molar-refractivity contribution in [1.29, 1.82) is 0 Å². The molecule has 0 saturated carbocycles. The Morgan fingerprint density at radius 3 is 2.44 bits per heavy atom. The van der Waals surface area contributed by atoms with Gasteiger partial charge >= 0.3 is 0 Å². The molecular weight excluding hydrogens is 320 g/mol. The van der Waals surface area contributed by atoms with E-state index < -0.39 is 0 Å². The van der Waals surface area contributed by atoms with Crippen molar-refractivity contribution in [2.45, 2.75) is 0 Å². The summed E-state index contributed by atoms with van der Waals surface area (Å²) in [6.45, 7) is -0.188. The summed E-state index contributed by atoms with van der Waals surface area (Å²) in [5.41, 5.74) is 1.36. The maximum atomic E-state index is 12.6. The first-order chi connectivity index (χ1) is 12.0. The minimum Gasteiger partial charge on any atom is -0.497 e.